The number of thiophene rings is 1. The van der Waals surface area contributed by atoms with Gasteiger partial charge in [-0.05, 0) is 35.6 Å². The largest absolute Gasteiger partial charge is 0.465 e. The number of esters is 1. The number of benzene rings is 2. The molecule has 0 spiro atoms. The van der Waals surface area contributed by atoms with Crippen molar-refractivity contribution in [3.8, 4) is 10.4 Å². The van der Waals surface area contributed by atoms with E-state index in [-0.39, 0.29) is 12.3 Å². The second-order valence-electron chi connectivity index (χ2n) is 5.78. The zero-order valence-corrected chi connectivity index (χ0v) is 16.7. The van der Waals surface area contributed by atoms with Crippen LogP contribution in [0, 0.1) is 0 Å². The zero-order chi connectivity index (χ0) is 19.2. The monoisotopic (exact) mass is 397 g/mol. The normalized spacial score (nSPS) is 10.4. The Morgan fingerprint density at radius 3 is 2.41 bits per heavy atom. The molecule has 1 amide bonds. The van der Waals surface area contributed by atoms with E-state index in [0.717, 1.165) is 20.9 Å². The van der Waals surface area contributed by atoms with E-state index in [4.69, 9.17) is 4.74 Å². The van der Waals surface area contributed by atoms with Crippen LogP contribution in [0.4, 0.5) is 5.69 Å². The molecule has 1 aromatic heterocycles. The van der Waals surface area contributed by atoms with Gasteiger partial charge in [-0.1, -0.05) is 42.5 Å². The second-order valence-corrected chi connectivity index (χ2v) is 7.72. The van der Waals surface area contributed by atoms with Gasteiger partial charge in [0, 0.05) is 9.77 Å². The number of rotatable bonds is 6. The molecule has 3 rings (SSSR count). The highest BCUT2D eigenvalue weighted by molar-refractivity contribution is 7.98. The van der Waals surface area contributed by atoms with Crippen LogP contribution in [0.1, 0.15) is 15.2 Å². The summed E-state index contributed by atoms with van der Waals surface area (Å²) < 4.78 is 4.87. The first-order chi connectivity index (χ1) is 13.1. The SMILES string of the molecule is COC(=O)c1sc(-c2ccccc2)cc1NC(=O)Cc1ccc(SC)cc1. The Hall–Kier alpha value is -2.57. The van der Waals surface area contributed by atoms with Gasteiger partial charge in [-0.2, -0.15) is 0 Å². The number of hydrogen-bond donors (Lipinski definition) is 1. The number of ether oxygens (including phenoxy) is 1. The van der Waals surface area contributed by atoms with Crippen molar-refractivity contribution in [1.82, 2.24) is 0 Å². The van der Waals surface area contributed by atoms with Crippen molar-refractivity contribution in [2.45, 2.75) is 11.3 Å². The molecule has 0 aliphatic rings. The Kier molecular flexibility index (Phi) is 6.32. The summed E-state index contributed by atoms with van der Waals surface area (Å²) in [6.45, 7) is 0. The van der Waals surface area contributed by atoms with E-state index in [0.29, 0.717) is 10.6 Å². The molecule has 0 aliphatic carbocycles. The highest BCUT2D eigenvalue weighted by Gasteiger charge is 2.19. The first kappa shape index (κ1) is 19.2. The standard InChI is InChI=1S/C21H19NO3S2/c1-25-21(24)20-17(13-18(27-20)15-6-4-3-5-7-15)22-19(23)12-14-8-10-16(26-2)11-9-14/h3-11,13H,12H2,1-2H3,(H,22,23). The first-order valence-corrected chi connectivity index (χ1v) is 10.3. The van der Waals surface area contributed by atoms with Gasteiger partial charge >= 0.3 is 5.97 Å². The van der Waals surface area contributed by atoms with Crippen molar-refractivity contribution in [3.63, 3.8) is 0 Å². The van der Waals surface area contributed by atoms with Crippen LogP contribution in [0.25, 0.3) is 10.4 Å². The number of amides is 1. The molecule has 1 heterocycles. The smallest absolute Gasteiger partial charge is 0.350 e. The Bertz CT molecular complexity index is 934. The minimum Gasteiger partial charge on any atom is -0.465 e. The van der Waals surface area contributed by atoms with Gasteiger partial charge in [0.25, 0.3) is 0 Å². The second kappa shape index (κ2) is 8.88. The summed E-state index contributed by atoms with van der Waals surface area (Å²) in [6, 6.07) is 19.4. The topological polar surface area (TPSA) is 55.4 Å². The molecule has 0 fully saturated rings. The summed E-state index contributed by atoms with van der Waals surface area (Å²) in [7, 11) is 1.34. The average Bonchev–Trinajstić information content (AvgIpc) is 3.12. The first-order valence-electron chi connectivity index (χ1n) is 8.31. The van der Waals surface area contributed by atoms with Gasteiger partial charge in [0.1, 0.15) is 4.88 Å². The lowest BCUT2D eigenvalue weighted by molar-refractivity contribution is -0.115. The van der Waals surface area contributed by atoms with Crippen molar-refractivity contribution in [1.29, 1.82) is 0 Å². The van der Waals surface area contributed by atoms with E-state index in [2.05, 4.69) is 5.32 Å². The van der Waals surface area contributed by atoms with Crippen LogP contribution < -0.4 is 5.32 Å². The van der Waals surface area contributed by atoms with Crippen molar-refractivity contribution in [2.75, 3.05) is 18.7 Å². The van der Waals surface area contributed by atoms with E-state index in [1.807, 2.05) is 66.9 Å². The maximum absolute atomic E-state index is 12.5. The Morgan fingerprint density at radius 1 is 1.07 bits per heavy atom. The van der Waals surface area contributed by atoms with Crippen LogP contribution in [-0.2, 0) is 16.0 Å². The molecule has 2 aromatic carbocycles. The molecule has 0 unspecified atom stereocenters. The summed E-state index contributed by atoms with van der Waals surface area (Å²) in [6.07, 6.45) is 2.25. The molecule has 3 aromatic rings. The molecule has 0 atom stereocenters. The van der Waals surface area contributed by atoms with E-state index in [1.54, 1.807) is 11.8 Å². The van der Waals surface area contributed by atoms with Gasteiger partial charge in [-0.15, -0.1) is 23.1 Å². The minimum absolute atomic E-state index is 0.172. The molecule has 0 radical (unpaired) electrons. The van der Waals surface area contributed by atoms with Crippen LogP contribution in [0.2, 0.25) is 0 Å². The van der Waals surface area contributed by atoms with Gasteiger partial charge in [-0.3, -0.25) is 4.79 Å². The van der Waals surface area contributed by atoms with Crippen molar-refractivity contribution >= 4 is 40.7 Å². The fourth-order valence-corrected chi connectivity index (χ4v) is 4.04. The van der Waals surface area contributed by atoms with Gasteiger partial charge in [-0.25, -0.2) is 4.79 Å². The molecular formula is C21H19NO3S2. The molecular weight excluding hydrogens is 378 g/mol. The average molecular weight is 398 g/mol. The number of carbonyl (C=O) groups is 2. The molecule has 4 nitrogen and oxygen atoms in total. The van der Waals surface area contributed by atoms with E-state index < -0.39 is 5.97 Å². The Morgan fingerprint density at radius 2 is 1.78 bits per heavy atom. The maximum Gasteiger partial charge on any atom is 0.350 e. The molecule has 6 heteroatoms. The van der Waals surface area contributed by atoms with Gasteiger partial charge < -0.3 is 10.1 Å². The quantitative estimate of drug-likeness (QED) is 0.464. The number of carbonyl (C=O) groups excluding carboxylic acids is 2. The van der Waals surface area contributed by atoms with Crippen LogP contribution in [-0.4, -0.2) is 25.2 Å². The third-order valence-corrected chi connectivity index (χ3v) is 5.87. The summed E-state index contributed by atoms with van der Waals surface area (Å²) >= 11 is 2.96. The third kappa shape index (κ3) is 4.78. The number of anilines is 1. The fourth-order valence-electron chi connectivity index (χ4n) is 2.60. The molecule has 138 valence electrons. The predicted octanol–water partition coefficient (Wildman–Crippen LogP) is 5.10. The molecule has 0 saturated heterocycles. The lowest BCUT2D eigenvalue weighted by Crippen LogP contribution is -2.16. The lowest BCUT2D eigenvalue weighted by Gasteiger charge is -2.06. The lowest BCUT2D eigenvalue weighted by atomic mass is 10.1. The summed E-state index contributed by atoms with van der Waals surface area (Å²) in [5.74, 6) is -0.628. The number of hydrogen-bond acceptors (Lipinski definition) is 5. The van der Waals surface area contributed by atoms with Gasteiger partial charge in [0.05, 0.1) is 19.2 Å². The van der Waals surface area contributed by atoms with Crippen LogP contribution >= 0.6 is 23.1 Å². The van der Waals surface area contributed by atoms with E-state index in [9.17, 15) is 9.59 Å². The van der Waals surface area contributed by atoms with Gasteiger partial charge in [0.15, 0.2) is 0 Å². The maximum atomic E-state index is 12.5. The van der Waals surface area contributed by atoms with Crippen LogP contribution in [0.3, 0.4) is 0 Å². The Balaban J connectivity index is 1.80. The molecule has 1 N–H and O–H groups in total. The highest BCUT2D eigenvalue weighted by atomic mass is 32.2. The van der Waals surface area contributed by atoms with Crippen molar-refractivity contribution in [3.05, 3.63) is 71.1 Å². The third-order valence-electron chi connectivity index (χ3n) is 3.96. The Labute approximate surface area is 166 Å². The molecule has 27 heavy (non-hydrogen) atoms. The fraction of sp³-hybridized carbons (Fsp3) is 0.143. The summed E-state index contributed by atoms with van der Waals surface area (Å²) in [5.41, 5.74) is 2.39. The molecule has 0 aliphatic heterocycles. The van der Waals surface area contributed by atoms with Gasteiger partial charge in [0.2, 0.25) is 5.91 Å². The highest BCUT2D eigenvalue weighted by Crippen LogP contribution is 2.35. The minimum atomic E-state index is -0.457. The summed E-state index contributed by atoms with van der Waals surface area (Å²) in [4.78, 5) is 27.0. The van der Waals surface area contributed by atoms with Crippen molar-refractivity contribution in [2.24, 2.45) is 0 Å². The summed E-state index contributed by atoms with van der Waals surface area (Å²) in [5, 5.41) is 2.86. The van der Waals surface area contributed by atoms with E-state index >= 15 is 0 Å². The van der Waals surface area contributed by atoms with E-state index in [1.165, 1.54) is 18.4 Å². The molecule has 0 bridgehead atoms. The molecule has 0 saturated carbocycles. The van der Waals surface area contributed by atoms with Crippen LogP contribution in [0.5, 0.6) is 0 Å². The number of thioether (sulfide) groups is 1. The van der Waals surface area contributed by atoms with Crippen LogP contribution in [0.15, 0.2) is 65.6 Å². The van der Waals surface area contributed by atoms with Crippen molar-refractivity contribution < 1.29 is 14.3 Å². The zero-order valence-electron chi connectivity index (χ0n) is 15.0. The predicted molar refractivity (Wildman–Crippen MR) is 112 cm³/mol. The number of methoxy groups -OCH3 is 1. The number of nitrogens with one attached hydrogen (secondary N) is 1.